The van der Waals surface area contributed by atoms with E-state index in [2.05, 4.69) is 38.3 Å². The fourth-order valence-corrected chi connectivity index (χ4v) is 3.18. The minimum atomic E-state index is 0.0675. The van der Waals surface area contributed by atoms with Crippen LogP contribution in [0.2, 0.25) is 0 Å². The van der Waals surface area contributed by atoms with E-state index in [1.54, 1.807) is 0 Å². The van der Waals surface area contributed by atoms with Gasteiger partial charge in [0.25, 0.3) is 0 Å². The van der Waals surface area contributed by atoms with Gasteiger partial charge >= 0.3 is 6.03 Å². The van der Waals surface area contributed by atoms with Crippen LogP contribution in [-0.4, -0.2) is 43.2 Å². The number of halogens is 1. The number of hydrogen-bond acceptors (Lipinski definition) is 3. The highest BCUT2D eigenvalue weighted by Crippen LogP contribution is 2.27. The number of benzene rings is 1. The summed E-state index contributed by atoms with van der Waals surface area (Å²) in [7, 11) is 0. The molecule has 0 saturated carbocycles. The largest absolute Gasteiger partial charge is 0.367 e. The van der Waals surface area contributed by atoms with Gasteiger partial charge in [-0.1, -0.05) is 22.0 Å². The summed E-state index contributed by atoms with van der Waals surface area (Å²) in [5.41, 5.74) is 8.14. The van der Waals surface area contributed by atoms with Crippen LogP contribution in [0.3, 0.4) is 0 Å². The number of fused-ring (bicyclic) bond motifs is 1. The van der Waals surface area contributed by atoms with Crippen LogP contribution < -0.4 is 16.0 Å². The van der Waals surface area contributed by atoms with Gasteiger partial charge < -0.3 is 20.9 Å². The predicted octanol–water partition coefficient (Wildman–Crippen LogP) is 1.12. The van der Waals surface area contributed by atoms with Crippen molar-refractivity contribution >= 4 is 27.6 Å². The Labute approximate surface area is 120 Å². The zero-order chi connectivity index (χ0) is 13.4. The second-order valence-corrected chi connectivity index (χ2v) is 5.87. The zero-order valence-electron chi connectivity index (χ0n) is 10.6. The lowest BCUT2D eigenvalue weighted by atomic mass is 10.1. The van der Waals surface area contributed by atoms with E-state index in [1.807, 2.05) is 11.0 Å². The molecule has 0 spiro atoms. The van der Waals surface area contributed by atoms with Gasteiger partial charge in [0, 0.05) is 42.9 Å². The first-order valence-corrected chi connectivity index (χ1v) is 7.26. The highest BCUT2D eigenvalue weighted by Gasteiger charge is 2.35. The molecular weight excluding hydrogens is 308 g/mol. The Kier molecular flexibility index (Phi) is 3.36. The Morgan fingerprint density at radius 2 is 2.26 bits per heavy atom. The minimum absolute atomic E-state index is 0.0675. The maximum Gasteiger partial charge on any atom is 0.317 e. The molecule has 19 heavy (non-hydrogen) atoms. The number of anilines is 1. The predicted molar refractivity (Wildman–Crippen MR) is 78.1 cm³/mol. The first-order valence-electron chi connectivity index (χ1n) is 6.47. The Bertz CT molecular complexity index is 507. The van der Waals surface area contributed by atoms with Crippen molar-refractivity contribution in [1.29, 1.82) is 0 Å². The molecule has 0 radical (unpaired) electrons. The molecule has 1 unspecified atom stereocenters. The molecule has 6 heteroatoms. The van der Waals surface area contributed by atoms with Crippen molar-refractivity contribution in [3.63, 3.8) is 0 Å². The van der Waals surface area contributed by atoms with Crippen LogP contribution >= 0.6 is 15.9 Å². The van der Waals surface area contributed by atoms with Crippen LogP contribution in [0.4, 0.5) is 10.5 Å². The number of nitrogens with one attached hydrogen (secondary N) is 1. The first kappa shape index (κ1) is 12.7. The Morgan fingerprint density at radius 3 is 3.05 bits per heavy atom. The van der Waals surface area contributed by atoms with Gasteiger partial charge in [0.2, 0.25) is 0 Å². The molecule has 1 aromatic rings. The second-order valence-electron chi connectivity index (χ2n) is 4.96. The molecule has 3 rings (SSSR count). The number of piperazine rings is 1. The van der Waals surface area contributed by atoms with Gasteiger partial charge in [-0.15, -0.1) is 0 Å². The van der Waals surface area contributed by atoms with E-state index in [0.29, 0.717) is 6.54 Å². The zero-order valence-corrected chi connectivity index (χ0v) is 12.2. The summed E-state index contributed by atoms with van der Waals surface area (Å²) in [5.74, 6) is 0. The Morgan fingerprint density at radius 1 is 1.42 bits per heavy atom. The summed E-state index contributed by atoms with van der Waals surface area (Å²) >= 11 is 3.51. The Balaban J connectivity index is 1.84. The van der Waals surface area contributed by atoms with Crippen LogP contribution in [0.25, 0.3) is 0 Å². The Hall–Kier alpha value is -1.27. The molecule has 2 aliphatic heterocycles. The van der Waals surface area contributed by atoms with Crippen molar-refractivity contribution in [2.75, 3.05) is 31.1 Å². The van der Waals surface area contributed by atoms with E-state index in [9.17, 15) is 4.79 Å². The molecule has 2 amide bonds. The number of amides is 2. The fraction of sp³-hybridized carbons (Fsp3) is 0.462. The average Bonchev–Trinajstić information content (AvgIpc) is 2.80. The summed E-state index contributed by atoms with van der Waals surface area (Å²) in [6.45, 7) is 3.76. The average molecular weight is 325 g/mol. The van der Waals surface area contributed by atoms with Gasteiger partial charge in [0.05, 0.1) is 6.04 Å². The summed E-state index contributed by atoms with van der Waals surface area (Å²) in [6.07, 6.45) is 0. The number of carbonyl (C=O) groups is 1. The summed E-state index contributed by atoms with van der Waals surface area (Å²) < 4.78 is 1.06. The topological polar surface area (TPSA) is 61.6 Å². The number of nitrogens with two attached hydrogens (primary N) is 1. The molecule has 3 N–H and O–H groups in total. The van der Waals surface area contributed by atoms with E-state index in [-0.39, 0.29) is 12.1 Å². The third-order valence-electron chi connectivity index (χ3n) is 3.84. The van der Waals surface area contributed by atoms with Gasteiger partial charge in [-0.2, -0.15) is 0 Å². The van der Waals surface area contributed by atoms with Crippen LogP contribution in [0.15, 0.2) is 22.7 Å². The molecule has 0 bridgehead atoms. The van der Waals surface area contributed by atoms with Crippen LogP contribution in [-0.2, 0) is 6.54 Å². The molecule has 2 aliphatic rings. The van der Waals surface area contributed by atoms with E-state index < -0.39 is 0 Å². The molecule has 0 aliphatic carbocycles. The van der Waals surface area contributed by atoms with Crippen molar-refractivity contribution in [2.24, 2.45) is 5.73 Å². The summed E-state index contributed by atoms with van der Waals surface area (Å²) in [4.78, 5) is 15.9. The van der Waals surface area contributed by atoms with Gasteiger partial charge in [-0.05, 0) is 17.7 Å². The van der Waals surface area contributed by atoms with Gasteiger partial charge in [-0.3, -0.25) is 0 Å². The normalized spacial score (nSPS) is 22.4. The highest BCUT2D eigenvalue weighted by molar-refractivity contribution is 9.10. The first-order chi connectivity index (χ1) is 9.19. The third kappa shape index (κ3) is 2.30. The maximum atomic E-state index is 11.6. The molecular formula is C13H17BrN4O. The monoisotopic (exact) mass is 324 g/mol. The standard InChI is InChI=1S/C13H17BrN4O/c14-10-2-1-9(6-15)12(5-10)17-3-4-18-11(8-17)7-16-13(18)19/h1-2,5,11H,3-4,6-8,15H2,(H,16,19). The lowest BCUT2D eigenvalue weighted by Gasteiger charge is -2.38. The van der Waals surface area contributed by atoms with Gasteiger partial charge in [-0.25, -0.2) is 4.79 Å². The minimum Gasteiger partial charge on any atom is -0.367 e. The SMILES string of the molecule is NCc1ccc(Br)cc1N1CCN2C(=O)NCC2C1. The number of urea groups is 1. The van der Waals surface area contributed by atoms with E-state index >= 15 is 0 Å². The van der Waals surface area contributed by atoms with Crippen LogP contribution in [0, 0.1) is 0 Å². The molecule has 2 heterocycles. The van der Waals surface area contributed by atoms with Gasteiger partial charge in [0.1, 0.15) is 0 Å². The molecule has 2 saturated heterocycles. The third-order valence-corrected chi connectivity index (χ3v) is 4.33. The molecule has 0 aromatic heterocycles. The number of rotatable bonds is 2. The van der Waals surface area contributed by atoms with E-state index in [1.165, 1.54) is 5.69 Å². The van der Waals surface area contributed by atoms with Crippen molar-refractivity contribution in [2.45, 2.75) is 12.6 Å². The van der Waals surface area contributed by atoms with E-state index in [0.717, 1.165) is 36.2 Å². The second kappa shape index (κ2) is 5.02. The lowest BCUT2D eigenvalue weighted by Crippen LogP contribution is -2.52. The van der Waals surface area contributed by atoms with E-state index in [4.69, 9.17) is 5.73 Å². The smallest absolute Gasteiger partial charge is 0.317 e. The molecule has 1 aromatic carbocycles. The fourth-order valence-electron chi connectivity index (χ4n) is 2.83. The molecule has 2 fully saturated rings. The van der Waals surface area contributed by atoms with Crippen molar-refractivity contribution in [1.82, 2.24) is 10.2 Å². The maximum absolute atomic E-state index is 11.6. The quantitative estimate of drug-likeness (QED) is 0.857. The lowest BCUT2D eigenvalue weighted by molar-refractivity contribution is 0.197. The van der Waals surface area contributed by atoms with Crippen LogP contribution in [0.5, 0.6) is 0 Å². The number of carbonyl (C=O) groups excluding carboxylic acids is 1. The number of nitrogens with zero attached hydrogens (tertiary/aromatic N) is 2. The molecule has 5 nitrogen and oxygen atoms in total. The highest BCUT2D eigenvalue weighted by atomic mass is 79.9. The summed E-state index contributed by atoms with van der Waals surface area (Å²) in [5, 5.41) is 2.90. The van der Waals surface area contributed by atoms with Gasteiger partial charge in [0.15, 0.2) is 0 Å². The van der Waals surface area contributed by atoms with Crippen molar-refractivity contribution in [3.05, 3.63) is 28.2 Å². The molecule has 102 valence electrons. The summed E-state index contributed by atoms with van der Waals surface area (Å²) in [6, 6.07) is 6.53. The molecule has 1 atom stereocenters. The van der Waals surface area contributed by atoms with Crippen LogP contribution in [0.1, 0.15) is 5.56 Å². The van der Waals surface area contributed by atoms with Crippen molar-refractivity contribution < 1.29 is 4.79 Å². The van der Waals surface area contributed by atoms with Crippen molar-refractivity contribution in [3.8, 4) is 0 Å². The number of hydrogen-bond donors (Lipinski definition) is 2.